The molecular weight excluding hydrogens is 182 g/mol. The molecule has 1 atom stereocenters. The third-order valence-corrected chi connectivity index (χ3v) is 3.27. The van der Waals surface area contributed by atoms with E-state index in [1.807, 2.05) is 0 Å². The Morgan fingerprint density at radius 1 is 1.69 bits per heavy atom. The molecule has 3 N–H and O–H groups in total. The van der Waals surface area contributed by atoms with Gasteiger partial charge >= 0.3 is 0 Å². The van der Waals surface area contributed by atoms with Gasteiger partial charge in [-0.1, -0.05) is 0 Å². The summed E-state index contributed by atoms with van der Waals surface area (Å²) in [5.74, 6) is 0. The standard InChI is InChI=1S/C9H15N3S/c10-4-3-9-12-8(6-13-9)7-2-1-5-11-7/h6-7,11H,1-5,10H2. The fraction of sp³-hybridized carbons (Fsp3) is 0.667. The Bertz CT molecular complexity index is 266. The monoisotopic (exact) mass is 197 g/mol. The summed E-state index contributed by atoms with van der Waals surface area (Å²) in [4.78, 5) is 4.56. The molecule has 0 spiro atoms. The Labute approximate surface area is 82.4 Å². The van der Waals surface area contributed by atoms with Crippen LogP contribution in [0.4, 0.5) is 0 Å². The van der Waals surface area contributed by atoms with Gasteiger partial charge in [0.1, 0.15) is 0 Å². The van der Waals surface area contributed by atoms with Crippen molar-refractivity contribution in [3.05, 3.63) is 16.1 Å². The van der Waals surface area contributed by atoms with Gasteiger partial charge in [0, 0.05) is 11.8 Å². The van der Waals surface area contributed by atoms with Crippen LogP contribution in [0.3, 0.4) is 0 Å². The number of nitrogens with zero attached hydrogens (tertiary/aromatic N) is 1. The Hall–Kier alpha value is -0.450. The summed E-state index contributed by atoms with van der Waals surface area (Å²) in [6.07, 6.45) is 3.41. The number of hydrogen-bond acceptors (Lipinski definition) is 4. The van der Waals surface area contributed by atoms with E-state index >= 15 is 0 Å². The van der Waals surface area contributed by atoms with Crippen LogP contribution in [-0.2, 0) is 6.42 Å². The van der Waals surface area contributed by atoms with Crippen molar-refractivity contribution in [1.82, 2.24) is 10.3 Å². The lowest BCUT2D eigenvalue weighted by molar-refractivity contribution is 0.629. The first-order valence-corrected chi connectivity index (χ1v) is 5.66. The van der Waals surface area contributed by atoms with Crippen molar-refractivity contribution in [3.63, 3.8) is 0 Å². The molecule has 0 bridgehead atoms. The number of hydrogen-bond donors (Lipinski definition) is 2. The van der Waals surface area contributed by atoms with Crippen molar-refractivity contribution in [3.8, 4) is 0 Å². The van der Waals surface area contributed by atoms with Crippen LogP contribution in [-0.4, -0.2) is 18.1 Å². The molecule has 0 saturated carbocycles. The smallest absolute Gasteiger partial charge is 0.0941 e. The summed E-state index contributed by atoms with van der Waals surface area (Å²) >= 11 is 1.73. The van der Waals surface area contributed by atoms with Crippen molar-refractivity contribution >= 4 is 11.3 Å². The van der Waals surface area contributed by atoms with Crippen LogP contribution >= 0.6 is 11.3 Å². The topological polar surface area (TPSA) is 50.9 Å². The van der Waals surface area contributed by atoms with Gasteiger partial charge in [-0.15, -0.1) is 11.3 Å². The quantitative estimate of drug-likeness (QED) is 0.762. The number of thiazole rings is 1. The lowest BCUT2D eigenvalue weighted by atomic mass is 10.2. The maximum atomic E-state index is 5.47. The molecule has 2 heterocycles. The summed E-state index contributed by atoms with van der Waals surface area (Å²) in [5.41, 5.74) is 6.69. The number of nitrogens with one attached hydrogen (secondary N) is 1. The number of aromatic nitrogens is 1. The summed E-state index contributed by atoms with van der Waals surface area (Å²) in [6, 6.07) is 0.503. The maximum Gasteiger partial charge on any atom is 0.0941 e. The van der Waals surface area contributed by atoms with Crippen LogP contribution < -0.4 is 11.1 Å². The van der Waals surface area contributed by atoms with E-state index in [-0.39, 0.29) is 0 Å². The zero-order chi connectivity index (χ0) is 9.10. The van der Waals surface area contributed by atoms with E-state index in [4.69, 9.17) is 5.73 Å². The second-order valence-electron chi connectivity index (χ2n) is 3.35. The van der Waals surface area contributed by atoms with E-state index in [1.54, 1.807) is 11.3 Å². The van der Waals surface area contributed by atoms with Gasteiger partial charge in [-0.25, -0.2) is 4.98 Å². The van der Waals surface area contributed by atoms with Crippen LogP contribution in [0.2, 0.25) is 0 Å². The molecule has 72 valence electrons. The molecule has 4 heteroatoms. The fourth-order valence-corrected chi connectivity index (χ4v) is 2.53. The van der Waals surface area contributed by atoms with Crippen LogP contribution in [0.25, 0.3) is 0 Å². The molecule has 0 amide bonds. The van der Waals surface area contributed by atoms with Crippen molar-refractivity contribution < 1.29 is 0 Å². The van der Waals surface area contributed by atoms with Crippen molar-refractivity contribution in [2.45, 2.75) is 25.3 Å². The van der Waals surface area contributed by atoms with E-state index in [0.717, 1.165) is 13.0 Å². The largest absolute Gasteiger partial charge is 0.330 e. The first kappa shape index (κ1) is 9.12. The third kappa shape index (κ3) is 2.07. The molecule has 13 heavy (non-hydrogen) atoms. The van der Waals surface area contributed by atoms with Crippen LogP contribution in [0.15, 0.2) is 5.38 Å². The van der Waals surface area contributed by atoms with Crippen molar-refractivity contribution in [2.24, 2.45) is 5.73 Å². The number of rotatable bonds is 3. The molecule has 1 fully saturated rings. The molecule has 1 aliphatic rings. The summed E-state index contributed by atoms with van der Waals surface area (Å²) < 4.78 is 0. The van der Waals surface area contributed by atoms with Gasteiger partial charge in [-0.05, 0) is 25.9 Å². The second-order valence-corrected chi connectivity index (χ2v) is 4.30. The molecule has 0 aromatic carbocycles. The molecule has 2 rings (SSSR count). The minimum Gasteiger partial charge on any atom is -0.330 e. The first-order valence-electron chi connectivity index (χ1n) is 4.78. The minimum atomic E-state index is 0.503. The fourth-order valence-electron chi connectivity index (χ4n) is 1.66. The molecule has 1 aromatic rings. The van der Waals surface area contributed by atoms with Gasteiger partial charge < -0.3 is 11.1 Å². The van der Waals surface area contributed by atoms with Gasteiger partial charge in [0.05, 0.1) is 16.7 Å². The predicted molar refractivity (Wildman–Crippen MR) is 54.9 cm³/mol. The Balaban J connectivity index is 2.03. The lowest BCUT2D eigenvalue weighted by Gasteiger charge is -2.04. The Morgan fingerprint density at radius 2 is 2.62 bits per heavy atom. The zero-order valence-corrected chi connectivity index (χ0v) is 8.44. The summed E-state index contributed by atoms with van der Waals surface area (Å²) in [5, 5.41) is 6.77. The van der Waals surface area contributed by atoms with Gasteiger partial charge in [0.25, 0.3) is 0 Å². The summed E-state index contributed by atoms with van der Waals surface area (Å²) in [7, 11) is 0. The minimum absolute atomic E-state index is 0.503. The van der Waals surface area contributed by atoms with Gasteiger partial charge in [-0.3, -0.25) is 0 Å². The van der Waals surface area contributed by atoms with E-state index in [2.05, 4.69) is 15.7 Å². The van der Waals surface area contributed by atoms with Crippen LogP contribution in [0.1, 0.15) is 29.6 Å². The SMILES string of the molecule is NCCc1nc(C2CCCN2)cs1. The van der Waals surface area contributed by atoms with E-state index in [9.17, 15) is 0 Å². The molecule has 0 radical (unpaired) electrons. The van der Waals surface area contributed by atoms with Crippen LogP contribution in [0, 0.1) is 0 Å². The molecule has 1 aliphatic heterocycles. The molecule has 3 nitrogen and oxygen atoms in total. The van der Waals surface area contributed by atoms with Gasteiger partial charge in [0.2, 0.25) is 0 Å². The lowest BCUT2D eigenvalue weighted by Crippen LogP contribution is -2.13. The van der Waals surface area contributed by atoms with Crippen LogP contribution in [0.5, 0.6) is 0 Å². The third-order valence-electron chi connectivity index (χ3n) is 2.35. The molecular formula is C9H15N3S. The van der Waals surface area contributed by atoms with Gasteiger partial charge in [0.15, 0.2) is 0 Å². The predicted octanol–water partition coefficient (Wildman–Crippen LogP) is 1.07. The average Bonchev–Trinajstić information content (AvgIpc) is 2.70. The normalized spacial score (nSPS) is 22.4. The highest BCUT2D eigenvalue weighted by atomic mass is 32.1. The van der Waals surface area contributed by atoms with E-state index < -0.39 is 0 Å². The Morgan fingerprint density at radius 3 is 3.31 bits per heavy atom. The van der Waals surface area contributed by atoms with Gasteiger partial charge in [-0.2, -0.15) is 0 Å². The Kier molecular flexibility index (Phi) is 2.93. The zero-order valence-electron chi connectivity index (χ0n) is 7.62. The van der Waals surface area contributed by atoms with E-state index in [1.165, 1.54) is 23.5 Å². The highest BCUT2D eigenvalue weighted by Crippen LogP contribution is 2.24. The average molecular weight is 197 g/mol. The molecule has 1 aromatic heterocycles. The highest BCUT2D eigenvalue weighted by molar-refractivity contribution is 7.09. The number of nitrogens with two attached hydrogens (primary N) is 1. The van der Waals surface area contributed by atoms with Crippen molar-refractivity contribution in [2.75, 3.05) is 13.1 Å². The summed E-state index contributed by atoms with van der Waals surface area (Å²) in [6.45, 7) is 1.83. The van der Waals surface area contributed by atoms with E-state index in [0.29, 0.717) is 12.6 Å². The highest BCUT2D eigenvalue weighted by Gasteiger charge is 2.18. The maximum absolute atomic E-state index is 5.47. The molecule has 1 unspecified atom stereocenters. The first-order chi connectivity index (χ1) is 6.40. The molecule has 1 saturated heterocycles. The molecule has 0 aliphatic carbocycles. The second kappa shape index (κ2) is 4.17. The van der Waals surface area contributed by atoms with Crippen molar-refractivity contribution in [1.29, 1.82) is 0 Å².